The number of benzene rings is 2. The molecule has 2 aliphatic rings. The van der Waals surface area contributed by atoms with Gasteiger partial charge in [0.15, 0.2) is 0 Å². The van der Waals surface area contributed by atoms with Gasteiger partial charge in [-0.05, 0) is 56.1 Å². The molecule has 0 atom stereocenters. The summed E-state index contributed by atoms with van der Waals surface area (Å²) in [6.45, 7) is 5.33. The van der Waals surface area contributed by atoms with Crippen LogP contribution in [-0.4, -0.2) is 72.5 Å². The molecule has 0 amide bonds. The van der Waals surface area contributed by atoms with E-state index < -0.39 is 5.91 Å². The molecule has 9 heteroatoms. The maximum atomic E-state index is 11.0. The van der Waals surface area contributed by atoms with Gasteiger partial charge in [0.25, 0.3) is 5.91 Å². The summed E-state index contributed by atoms with van der Waals surface area (Å²) in [7, 11) is 0. The topological polar surface area (TPSA) is 99.3 Å². The predicted molar refractivity (Wildman–Crippen MR) is 147 cm³/mol. The molecule has 8 nitrogen and oxygen atoms in total. The van der Waals surface area contributed by atoms with Crippen LogP contribution in [0.5, 0.6) is 0 Å². The lowest BCUT2D eigenvalue weighted by Gasteiger charge is -2.37. The van der Waals surface area contributed by atoms with E-state index in [1.165, 1.54) is 0 Å². The van der Waals surface area contributed by atoms with Crippen LogP contribution in [0.2, 0.25) is 0 Å². The van der Waals surface area contributed by atoms with Crippen LogP contribution < -0.4 is 5.32 Å². The summed E-state index contributed by atoms with van der Waals surface area (Å²) in [5, 5.41) is 30.0. The lowest BCUT2D eigenvalue weighted by molar-refractivity contribution is -0.273. The molecule has 0 saturated carbocycles. The highest BCUT2D eigenvalue weighted by Gasteiger charge is 2.35. The first-order valence-corrected chi connectivity index (χ1v) is 14.1. The summed E-state index contributed by atoms with van der Waals surface area (Å²) in [4.78, 5) is 11.5. The maximum Gasteiger partial charge on any atom is 0.253 e. The average molecular weight is 517 g/mol. The Morgan fingerprint density at radius 2 is 1.84 bits per heavy atom. The van der Waals surface area contributed by atoms with Crippen molar-refractivity contribution in [3.63, 3.8) is 0 Å². The molecule has 37 heavy (non-hydrogen) atoms. The van der Waals surface area contributed by atoms with Crippen LogP contribution in [0.3, 0.4) is 0 Å². The van der Waals surface area contributed by atoms with Crippen molar-refractivity contribution >= 4 is 22.8 Å². The van der Waals surface area contributed by atoms with Crippen molar-refractivity contribution in [1.29, 1.82) is 0 Å². The molecular formula is C28H32N6O2S. The van der Waals surface area contributed by atoms with Crippen LogP contribution in [0, 0.1) is 6.92 Å². The molecule has 2 aliphatic heterocycles. The van der Waals surface area contributed by atoms with Crippen LogP contribution in [0.4, 0.5) is 0 Å². The monoisotopic (exact) mass is 516 g/mol. The highest BCUT2D eigenvalue weighted by atomic mass is 32.2. The number of hydrogen-bond acceptors (Lipinski definition) is 8. The van der Waals surface area contributed by atoms with Crippen LogP contribution in [0.1, 0.15) is 30.0 Å². The van der Waals surface area contributed by atoms with Crippen molar-refractivity contribution in [2.75, 3.05) is 37.7 Å². The van der Waals surface area contributed by atoms with Crippen molar-refractivity contribution in [3.05, 3.63) is 66.1 Å². The quantitative estimate of drug-likeness (QED) is 0.347. The molecular weight excluding hydrogens is 484 g/mol. The predicted octanol–water partition coefficient (Wildman–Crippen LogP) is 3.54. The second-order valence-electron chi connectivity index (χ2n) is 9.88. The number of piperidine rings is 1. The molecule has 0 spiro atoms. The van der Waals surface area contributed by atoms with Crippen LogP contribution in [0.15, 0.2) is 55.0 Å². The van der Waals surface area contributed by atoms with E-state index in [0.717, 1.165) is 76.4 Å². The van der Waals surface area contributed by atoms with E-state index in [1.807, 2.05) is 67.5 Å². The Morgan fingerprint density at radius 3 is 2.62 bits per heavy atom. The fourth-order valence-corrected chi connectivity index (χ4v) is 6.27. The second kappa shape index (κ2) is 10.2. The zero-order valence-corrected chi connectivity index (χ0v) is 21.8. The average Bonchev–Trinajstić information content (AvgIpc) is 3.44. The maximum absolute atomic E-state index is 11.0. The highest BCUT2D eigenvalue weighted by Crippen LogP contribution is 2.34. The number of fused-ring (bicyclic) bond motifs is 1. The summed E-state index contributed by atoms with van der Waals surface area (Å²) < 4.78 is 2.06. The smallest absolute Gasteiger partial charge is 0.253 e. The van der Waals surface area contributed by atoms with Gasteiger partial charge in [-0.3, -0.25) is 9.67 Å². The Kier molecular flexibility index (Phi) is 6.73. The first kappa shape index (κ1) is 24.5. The van der Waals surface area contributed by atoms with Gasteiger partial charge in [-0.25, -0.2) is 9.88 Å². The van der Waals surface area contributed by atoms with E-state index in [4.69, 9.17) is 9.97 Å². The molecule has 2 aromatic carbocycles. The third kappa shape index (κ3) is 4.78. The Labute approximate surface area is 220 Å². The molecule has 0 unspecified atom stereocenters. The lowest BCUT2D eigenvalue weighted by atomic mass is 9.95. The Hall–Kier alpha value is -2.82. The van der Waals surface area contributed by atoms with E-state index in [2.05, 4.69) is 21.3 Å². The van der Waals surface area contributed by atoms with Crippen molar-refractivity contribution in [2.24, 2.45) is 0 Å². The number of aryl methyl sites for hydroxylation is 1. The number of hydrogen-bond donors (Lipinski definition) is 3. The molecule has 0 bridgehead atoms. The minimum Gasteiger partial charge on any atom is -0.349 e. The minimum absolute atomic E-state index is 0.411. The van der Waals surface area contributed by atoms with Gasteiger partial charge < -0.3 is 15.5 Å². The fraction of sp³-hybridized carbons (Fsp3) is 0.393. The van der Waals surface area contributed by atoms with E-state index >= 15 is 0 Å². The van der Waals surface area contributed by atoms with Gasteiger partial charge in [0.1, 0.15) is 0 Å². The van der Waals surface area contributed by atoms with E-state index in [1.54, 1.807) is 4.90 Å². The molecule has 2 saturated heterocycles. The Bertz CT molecular complexity index is 1410. The van der Waals surface area contributed by atoms with Gasteiger partial charge in [0, 0.05) is 47.5 Å². The molecule has 192 valence electrons. The molecule has 0 radical (unpaired) electrons. The van der Waals surface area contributed by atoms with Gasteiger partial charge in [-0.15, -0.1) is 0 Å². The molecule has 4 aromatic rings. The summed E-state index contributed by atoms with van der Waals surface area (Å²) in [6, 6.07) is 12.1. The number of thioether (sulfide) groups is 1. The molecule has 3 N–H and O–H groups in total. The minimum atomic E-state index is -1.98. The molecule has 6 rings (SSSR count). The second-order valence-corrected chi connectivity index (χ2v) is 11.1. The number of para-hydroxylation sites is 1. The largest absolute Gasteiger partial charge is 0.349 e. The summed E-state index contributed by atoms with van der Waals surface area (Å²) >= 11 is 1.84. The van der Waals surface area contributed by atoms with Gasteiger partial charge >= 0.3 is 0 Å². The highest BCUT2D eigenvalue weighted by molar-refractivity contribution is 7.99. The number of nitrogens with one attached hydrogen (secondary N) is 1. The Morgan fingerprint density at radius 1 is 1.03 bits per heavy atom. The number of rotatable bonds is 5. The third-order valence-corrected chi connectivity index (χ3v) is 8.45. The van der Waals surface area contributed by atoms with Crippen LogP contribution >= 0.6 is 11.8 Å². The lowest BCUT2D eigenvalue weighted by Crippen LogP contribution is -2.50. The molecule has 0 aliphatic carbocycles. The van der Waals surface area contributed by atoms with E-state index in [-0.39, 0.29) is 0 Å². The molecule has 2 aromatic heterocycles. The molecule has 4 heterocycles. The third-order valence-electron chi connectivity index (χ3n) is 7.51. The number of aliphatic hydroxyl groups is 2. The van der Waals surface area contributed by atoms with Crippen molar-refractivity contribution < 1.29 is 10.2 Å². The number of nitrogens with zero attached hydrogens (tertiary/aromatic N) is 5. The normalized spacial score (nSPS) is 17.9. The SMILES string of the molecule is Cc1cc(C(O)(O)N2CCSCC2)ccc1-c1cccc2ncc(-c3cnn(C4CCNCC4)c3)nc12. The summed E-state index contributed by atoms with van der Waals surface area (Å²) in [5.74, 6) is -0.189. The van der Waals surface area contributed by atoms with Crippen molar-refractivity contribution in [2.45, 2.75) is 31.7 Å². The first-order chi connectivity index (χ1) is 18.0. The van der Waals surface area contributed by atoms with Gasteiger partial charge in [0.2, 0.25) is 0 Å². The van der Waals surface area contributed by atoms with Gasteiger partial charge in [-0.1, -0.05) is 24.3 Å². The van der Waals surface area contributed by atoms with Gasteiger partial charge in [-0.2, -0.15) is 16.9 Å². The van der Waals surface area contributed by atoms with Crippen LogP contribution in [-0.2, 0) is 5.91 Å². The zero-order chi connectivity index (χ0) is 25.4. The number of aromatic nitrogens is 4. The first-order valence-electron chi connectivity index (χ1n) is 12.9. The van der Waals surface area contributed by atoms with Gasteiger partial charge in [0.05, 0.1) is 35.2 Å². The summed E-state index contributed by atoms with van der Waals surface area (Å²) in [5.41, 5.74) is 6.79. The fourth-order valence-electron chi connectivity index (χ4n) is 5.36. The van der Waals surface area contributed by atoms with Crippen molar-refractivity contribution in [1.82, 2.24) is 30.0 Å². The van der Waals surface area contributed by atoms with E-state index in [0.29, 0.717) is 24.7 Å². The van der Waals surface area contributed by atoms with E-state index in [9.17, 15) is 10.2 Å². The standard InChI is InChI=1S/C28H32N6O2S/c1-19-15-21(28(35,36)33-11-13-37-14-12-33)5-6-23(19)24-3-2-4-25-27(24)32-26(17-30-25)20-16-31-34(18-20)22-7-9-29-10-8-22/h2-6,15-18,22,29,35-36H,7-14H2,1H3. The van der Waals surface area contributed by atoms with Crippen molar-refractivity contribution in [3.8, 4) is 22.4 Å². The molecule has 2 fully saturated rings. The zero-order valence-electron chi connectivity index (χ0n) is 21.0. The Balaban J connectivity index is 1.34. The van der Waals surface area contributed by atoms with Crippen LogP contribution in [0.25, 0.3) is 33.4 Å². The summed E-state index contributed by atoms with van der Waals surface area (Å²) in [6.07, 6.45) is 7.92.